The molecule has 0 saturated carbocycles. The smallest absolute Gasteiger partial charge is 0.252 e. The molecule has 0 aromatic heterocycles. The summed E-state index contributed by atoms with van der Waals surface area (Å²) >= 11 is 3.28. The van der Waals surface area contributed by atoms with Crippen LogP contribution in [0.15, 0.2) is 28.7 Å². The Morgan fingerprint density at radius 1 is 1.50 bits per heavy atom. The van der Waals surface area contributed by atoms with Gasteiger partial charge in [0, 0.05) is 11.0 Å². The molecule has 1 N–H and O–H groups in total. The fourth-order valence-corrected chi connectivity index (χ4v) is 1.44. The Hall–Kier alpha value is -1.34. The van der Waals surface area contributed by atoms with Gasteiger partial charge in [-0.3, -0.25) is 4.79 Å². The van der Waals surface area contributed by atoms with Crippen LogP contribution in [0.5, 0.6) is 0 Å². The Balaban J connectivity index is 2.62. The van der Waals surface area contributed by atoms with Crippen molar-refractivity contribution < 1.29 is 4.79 Å². The van der Waals surface area contributed by atoms with Crippen molar-refractivity contribution in [3.8, 4) is 6.07 Å². The van der Waals surface area contributed by atoms with Crippen LogP contribution in [0.25, 0.3) is 0 Å². The van der Waals surface area contributed by atoms with Crippen molar-refractivity contribution in [1.82, 2.24) is 5.32 Å². The van der Waals surface area contributed by atoms with Gasteiger partial charge in [0.1, 0.15) is 0 Å². The Morgan fingerprint density at radius 3 is 2.86 bits per heavy atom. The van der Waals surface area contributed by atoms with Gasteiger partial charge in [0.2, 0.25) is 0 Å². The van der Waals surface area contributed by atoms with Gasteiger partial charge in [0.05, 0.1) is 18.1 Å². The molecular formula is C10H9BrN2O. The van der Waals surface area contributed by atoms with E-state index in [1.54, 1.807) is 18.2 Å². The molecule has 0 unspecified atom stereocenters. The zero-order valence-electron chi connectivity index (χ0n) is 7.46. The minimum Gasteiger partial charge on any atom is -0.351 e. The number of nitrogens with one attached hydrogen (secondary N) is 1. The zero-order chi connectivity index (χ0) is 10.4. The first-order valence-corrected chi connectivity index (χ1v) is 4.94. The summed E-state index contributed by atoms with van der Waals surface area (Å²) in [6, 6.07) is 9.13. The number of amides is 1. The van der Waals surface area contributed by atoms with E-state index in [9.17, 15) is 4.79 Å². The molecule has 14 heavy (non-hydrogen) atoms. The number of halogens is 1. The highest BCUT2D eigenvalue weighted by atomic mass is 79.9. The van der Waals surface area contributed by atoms with E-state index in [4.69, 9.17) is 5.26 Å². The summed E-state index contributed by atoms with van der Waals surface area (Å²) in [6.07, 6.45) is 0.330. The molecule has 3 nitrogen and oxygen atoms in total. The van der Waals surface area contributed by atoms with E-state index < -0.39 is 0 Å². The molecule has 0 aliphatic rings. The van der Waals surface area contributed by atoms with Crippen LogP contribution in [0.2, 0.25) is 0 Å². The predicted octanol–water partition coefficient (Wildman–Crippen LogP) is 2.09. The van der Waals surface area contributed by atoms with Gasteiger partial charge in [-0.25, -0.2) is 0 Å². The molecule has 0 spiro atoms. The lowest BCUT2D eigenvalue weighted by Crippen LogP contribution is -2.24. The van der Waals surface area contributed by atoms with Gasteiger partial charge in [-0.2, -0.15) is 5.26 Å². The molecule has 4 heteroatoms. The second kappa shape index (κ2) is 5.40. The minimum atomic E-state index is -0.160. The fraction of sp³-hybridized carbons (Fsp3) is 0.200. The van der Waals surface area contributed by atoms with E-state index >= 15 is 0 Å². The third-order valence-electron chi connectivity index (χ3n) is 1.64. The van der Waals surface area contributed by atoms with Gasteiger partial charge >= 0.3 is 0 Å². The normalized spacial score (nSPS) is 9.14. The number of nitriles is 1. The highest BCUT2D eigenvalue weighted by molar-refractivity contribution is 9.10. The van der Waals surface area contributed by atoms with E-state index in [1.807, 2.05) is 12.1 Å². The van der Waals surface area contributed by atoms with Crippen LogP contribution in [0.4, 0.5) is 0 Å². The Labute approximate surface area is 90.9 Å². The highest BCUT2D eigenvalue weighted by Gasteiger charge is 2.07. The second-order valence-corrected chi connectivity index (χ2v) is 3.50. The average Bonchev–Trinajstić information content (AvgIpc) is 2.18. The van der Waals surface area contributed by atoms with Gasteiger partial charge in [-0.1, -0.05) is 12.1 Å². The molecule has 0 saturated heterocycles. The van der Waals surface area contributed by atoms with Gasteiger partial charge < -0.3 is 5.32 Å². The van der Waals surface area contributed by atoms with Gasteiger partial charge in [0.15, 0.2) is 0 Å². The first-order chi connectivity index (χ1) is 6.75. The molecule has 0 heterocycles. The lowest BCUT2D eigenvalue weighted by atomic mass is 10.2. The predicted molar refractivity (Wildman–Crippen MR) is 56.7 cm³/mol. The molecule has 1 aromatic carbocycles. The van der Waals surface area contributed by atoms with Crippen LogP contribution in [-0.4, -0.2) is 12.5 Å². The summed E-state index contributed by atoms with van der Waals surface area (Å²) in [4.78, 5) is 11.5. The molecule has 0 fully saturated rings. The van der Waals surface area contributed by atoms with Gasteiger partial charge in [-0.15, -0.1) is 0 Å². The largest absolute Gasteiger partial charge is 0.351 e. The molecule has 0 aliphatic carbocycles. The van der Waals surface area contributed by atoms with E-state index in [-0.39, 0.29) is 5.91 Å². The second-order valence-electron chi connectivity index (χ2n) is 2.64. The standard InChI is InChI=1S/C10H9BrN2O/c11-9-5-2-1-4-8(9)10(14)13-7-3-6-12/h1-2,4-5H,3,7H2,(H,13,14). The van der Waals surface area contributed by atoms with Crippen molar-refractivity contribution in [2.24, 2.45) is 0 Å². The maximum atomic E-state index is 11.5. The lowest BCUT2D eigenvalue weighted by molar-refractivity contribution is 0.0954. The molecule has 1 aromatic rings. The van der Waals surface area contributed by atoms with Crippen molar-refractivity contribution in [3.05, 3.63) is 34.3 Å². The summed E-state index contributed by atoms with van der Waals surface area (Å²) in [5, 5.41) is 10.9. The maximum Gasteiger partial charge on any atom is 0.252 e. The number of carbonyl (C=O) groups excluding carboxylic acids is 1. The van der Waals surface area contributed by atoms with Crippen molar-refractivity contribution in [2.75, 3.05) is 6.54 Å². The fourth-order valence-electron chi connectivity index (χ4n) is 0.973. The first kappa shape index (κ1) is 10.7. The molecule has 0 bridgehead atoms. The van der Waals surface area contributed by atoms with E-state index in [2.05, 4.69) is 21.2 Å². The monoisotopic (exact) mass is 252 g/mol. The average molecular weight is 253 g/mol. The number of hydrogen-bond donors (Lipinski definition) is 1. The maximum absolute atomic E-state index is 11.5. The highest BCUT2D eigenvalue weighted by Crippen LogP contribution is 2.15. The van der Waals surface area contributed by atoms with Crippen LogP contribution in [0.1, 0.15) is 16.8 Å². The van der Waals surface area contributed by atoms with Crippen LogP contribution in [-0.2, 0) is 0 Å². The van der Waals surface area contributed by atoms with E-state index in [0.29, 0.717) is 18.5 Å². The van der Waals surface area contributed by atoms with Crippen molar-refractivity contribution in [2.45, 2.75) is 6.42 Å². The van der Waals surface area contributed by atoms with Crippen LogP contribution in [0, 0.1) is 11.3 Å². The molecule has 1 amide bonds. The summed E-state index contributed by atoms with van der Waals surface area (Å²) in [6.45, 7) is 0.386. The molecular weight excluding hydrogens is 244 g/mol. The molecule has 0 atom stereocenters. The SMILES string of the molecule is N#CCCNC(=O)c1ccccc1Br. The van der Waals surface area contributed by atoms with Crippen molar-refractivity contribution in [3.63, 3.8) is 0 Å². The first-order valence-electron chi connectivity index (χ1n) is 4.15. The minimum absolute atomic E-state index is 0.160. The summed E-state index contributed by atoms with van der Waals surface area (Å²) in [5.74, 6) is -0.160. The molecule has 0 aliphatic heterocycles. The number of benzene rings is 1. The zero-order valence-corrected chi connectivity index (χ0v) is 9.04. The molecule has 1 rings (SSSR count). The van der Waals surface area contributed by atoms with E-state index in [1.165, 1.54) is 0 Å². The Kier molecular flexibility index (Phi) is 4.14. The van der Waals surface area contributed by atoms with Crippen molar-refractivity contribution in [1.29, 1.82) is 5.26 Å². The molecule has 72 valence electrons. The summed E-state index contributed by atoms with van der Waals surface area (Å²) in [7, 11) is 0. The number of nitrogens with zero attached hydrogens (tertiary/aromatic N) is 1. The number of carbonyl (C=O) groups is 1. The van der Waals surface area contributed by atoms with Gasteiger partial charge in [-0.05, 0) is 28.1 Å². The Morgan fingerprint density at radius 2 is 2.21 bits per heavy atom. The Bertz CT molecular complexity index is 371. The van der Waals surface area contributed by atoms with Crippen LogP contribution >= 0.6 is 15.9 Å². The van der Waals surface area contributed by atoms with E-state index in [0.717, 1.165) is 4.47 Å². The molecule has 0 radical (unpaired) electrons. The summed E-state index contributed by atoms with van der Waals surface area (Å²) in [5.41, 5.74) is 0.588. The van der Waals surface area contributed by atoms with Crippen LogP contribution < -0.4 is 5.32 Å². The van der Waals surface area contributed by atoms with Crippen molar-refractivity contribution >= 4 is 21.8 Å². The quantitative estimate of drug-likeness (QED) is 0.838. The third kappa shape index (κ3) is 2.86. The number of hydrogen-bond acceptors (Lipinski definition) is 2. The van der Waals surface area contributed by atoms with Crippen LogP contribution in [0.3, 0.4) is 0 Å². The lowest BCUT2D eigenvalue weighted by Gasteiger charge is -2.03. The van der Waals surface area contributed by atoms with Gasteiger partial charge in [0.25, 0.3) is 5.91 Å². The topological polar surface area (TPSA) is 52.9 Å². The number of rotatable bonds is 3. The third-order valence-corrected chi connectivity index (χ3v) is 2.33. The summed E-state index contributed by atoms with van der Waals surface area (Å²) < 4.78 is 0.759.